The van der Waals surface area contributed by atoms with Crippen LogP contribution in [0.1, 0.15) is 29.9 Å². The minimum absolute atomic E-state index is 0.0402. The molecule has 5 aromatic rings. The van der Waals surface area contributed by atoms with Crippen LogP contribution in [0.2, 0.25) is 0 Å². The van der Waals surface area contributed by atoms with Crippen LogP contribution in [0.3, 0.4) is 0 Å². The first-order valence-corrected chi connectivity index (χ1v) is 11.4. The van der Waals surface area contributed by atoms with Crippen LogP contribution in [0.25, 0.3) is 27.7 Å². The normalized spacial score (nSPS) is 11.7. The van der Waals surface area contributed by atoms with E-state index in [4.69, 9.17) is 10.7 Å². The Labute approximate surface area is 207 Å². The van der Waals surface area contributed by atoms with E-state index in [9.17, 15) is 10.1 Å². The molecule has 36 heavy (non-hydrogen) atoms. The van der Waals surface area contributed by atoms with Gasteiger partial charge >= 0.3 is 0 Å². The Morgan fingerprint density at radius 2 is 1.81 bits per heavy atom. The maximum Gasteiger partial charge on any atom is 0.266 e. The van der Waals surface area contributed by atoms with Crippen LogP contribution in [0.15, 0.2) is 83.8 Å². The summed E-state index contributed by atoms with van der Waals surface area (Å²) in [5.74, 6) is 0.791. The Bertz CT molecular complexity index is 1690. The van der Waals surface area contributed by atoms with E-state index in [0.29, 0.717) is 22.4 Å². The van der Waals surface area contributed by atoms with Crippen LogP contribution in [0.4, 0.5) is 11.8 Å². The average Bonchev–Trinajstić information content (AvgIpc) is 2.89. The monoisotopic (exact) mass is 473 g/mol. The van der Waals surface area contributed by atoms with Gasteiger partial charge in [-0.1, -0.05) is 60.2 Å². The summed E-state index contributed by atoms with van der Waals surface area (Å²) in [7, 11) is 0. The number of nitrogens with one attached hydrogen (secondary N) is 1. The van der Waals surface area contributed by atoms with Crippen LogP contribution in [0.5, 0.6) is 0 Å². The molecule has 0 aliphatic carbocycles. The van der Waals surface area contributed by atoms with Gasteiger partial charge in [0, 0.05) is 0 Å². The zero-order valence-electron chi connectivity index (χ0n) is 19.8. The molecule has 0 amide bonds. The molecule has 176 valence electrons. The van der Waals surface area contributed by atoms with Gasteiger partial charge in [0.1, 0.15) is 23.3 Å². The van der Waals surface area contributed by atoms with E-state index in [-0.39, 0.29) is 22.9 Å². The summed E-state index contributed by atoms with van der Waals surface area (Å²) < 4.78 is 1.61. The van der Waals surface area contributed by atoms with Gasteiger partial charge in [-0.15, -0.1) is 0 Å². The molecular weight excluding hydrogens is 450 g/mol. The predicted octanol–water partition coefficient (Wildman–Crippen LogP) is 4.78. The molecule has 3 N–H and O–H groups in total. The molecule has 0 unspecified atom stereocenters. The van der Waals surface area contributed by atoms with Gasteiger partial charge in [0.25, 0.3) is 5.56 Å². The number of benzene rings is 3. The molecule has 0 saturated carbocycles. The standard InChI is InChI=1S/C28H23N7O/c1-17-8-6-9-19(14-17)22-12-7-13-23-24(22)27(36)35(21-10-4-3-5-11-21)26(33-23)18(2)32-25-20(15-29)16-31-28(30)34-25/h3-14,16,18H,1-2H3,(H3,30,31,32,34)/t18-/m1/s1. The van der Waals surface area contributed by atoms with E-state index in [1.165, 1.54) is 6.20 Å². The number of aromatic nitrogens is 4. The summed E-state index contributed by atoms with van der Waals surface area (Å²) in [6, 6.07) is 24.7. The minimum Gasteiger partial charge on any atom is -0.368 e. The van der Waals surface area contributed by atoms with Crippen molar-refractivity contribution in [2.45, 2.75) is 19.9 Å². The highest BCUT2D eigenvalue weighted by Crippen LogP contribution is 2.29. The van der Waals surface area contributed by atoms with Gasteiger partial charge in [0.2, 0.25) is 5.95 Å². The molecule has 8 heteroatoms. The SMILES string of the molecule is Cc1cccc(-c2cccc3nc([C@@H](C)Nc4nc(N)ncc4C#N)n(-c4ccccc4)c(=O)c23)c1. The predicted molar refractivity (Wildman–Crippen MR) is 141 cm³/mol. The maximum absolute atomic E-state index is 14.2. The number of para-hydroxylation sites is 1. The van der Waals surface area contributed by atoms with E-state index in [1.54, 1.807) is 4.57 Å². The minimum atomic E-state index is -0.494. The molecule has 8 nitrogen and oxygen atoms in total. The first-order chi connectivity index (χ1) is 17.5. The van der Waals surface area contributed by atoms with Crippen molar-refractivity contribution in [3.8, 4) is 22.9 Å². The van der Waals surface area contributed by atoms with Gasteiger partial charge in [-0.05, 0) is 43.2 Å². The molecular formula is C28H23N7O. The summed E-state index contributed by atoms with van der Waals surface area (Å²) in [6.07, 6.45) is 1.36. The Hall–Kier alpha value is -5.03. The number of hydrogen-bond acceptors (Lipinski definition) is 7. The Morgan fingerprint density at radius 3 is 2.56 bits per heavy atom. The summed E-state index contributed by atoms with van der Waals surface area (Å²) in [5.41, 5.74) is 9.95. The van der Waals surface area contributed by atoms with Crippen LogP contribution in [0, 0.1) is 18.3 Å². The molecule has 0 aliphatic rings. The Kier molecular flexibility index (Phi) is 5.88. The van der Waals surface area contributed by atoms with Crippen molar-refractivity contribution < 1.29 is 0 Å². The van der Waals surface area contributed by atoms with Crippen molar-refractivity contribution in [2.24, 2.45) is 0 Å². The van der Waals surface area contributed by atoms with Crippen LogP contribution in [-0.2, 0) is 0 Å². The number of nitrogen functional groups attached to an aromatic ring is 1. The number of nitrogens with zero attached hydrogens (tertiary/aromatic N) is 5. The molecule has 5 rings (SSSR count). The van der Waals surface area contributed by atoms with Crippen molar-refractivity contribution in [1.29, 1.82) is 5.26 Å². The highest BCUT2D eigenvalue weighted by atomic mass is 16.1. The lowest BCUT2D eigenvalue weighted by Crippen LogP contribution is -2.28. The van der Waals surface area contributed by atoms with E-state index in [0.717, 1.165) is 16.7 Å². The van der Waals surface area contributed by atoms with E-state index in [2.05, 4.69) is 27.4 Å². The molecule has 0 spiro atoms. The van der Waals surface area contributed by atoms with E-state index in [1.807, 2.05) is 80.6 Å². The summed E-state index contributed by atoms with van der Waals surface area (Å²) in [6.45, 7) is 3.88. The lowest BCUT2D eigenvalue weighted by Gasteiger charge is -2.21. The number of hydrogen-bond donors (Lipinski definition) is 2. The summed E-state index contributed by atoms with van der Waals surface area (Å²) in [5, 5.41) is 13.2. The molecule has 2 aromatic heterocycles. The summed E-state index contributed by atoms with van der Waals surface area (Å²) >= 11 is 0. The first kappa shape index (κ1) is 22.7. The number of nitrogens with two attached hydrogens (primary N) is 1. The molecule has 3 aromatic carbocycles. The van der Waals surface area contributed by atoms with Crippen molar-refractivity contribution in [3.63, 3.8) is 0 Å². The van der Waals surface area contributed by atoms with Crippen LogP contribution >= 0.6 is 0 Å². The van der Waals surface area contributed by atoms with Crippen LogP contribution < -0.4 is 16.6 Å². The fraction of sp³-hybridized carbons (Fsp3) is 0.107. The topological polar surface area (TPSA) is 123 Å². The first-order valence-electron chi connectivity index (χ1n) is 11.4. The third-order valence-electron chi connectivity index (χ3n) is 5.94. The van der Waals surface area contributed by atoms with Crippen molar-refractivity contribution >= 4 is 22.7 Å². The fourth-order valence-corrected chi connectivity index (χ4v) is 4.27. The van der Waals surface area contributed by atoms with Crippen molar-refractivity contribution in [1.82, 2.24) is 19.5 Å². The Balaban J connectivity index is 1.75. The van der Waals surface area contributed by atoms with E-state index >= 15 is 0 Å². The molecule has 0 radical (unpaired) electrons. The largest absolute Gasteiger partial charge is 0.368 e. The molecule has 2 heterocycles. The third kappa shape index (κ3) is 4.14. The number of nitriles is 1. The van der Waals surface area contributed by atoms with Gasteiger partial charge in [0.15, 0.2) is 0 Å². The second kappa shape index (κ2) is 9.31. The highest BCUT2D eigenvalue weighted by Gasteiger charge is 2.21. The van der Waals surface area contributed by atoms with Gasteiger partial charge in [0.05, 0.1) is 28.8 Å². The number of rotatable bonds is 5. The molecule has 0 fully saturated rings. The number of aryl methyl sites for hydroxylation is 1. The second-order valence-electron chi connectivity index (χ2n) is 8.48. The molecule has 0 bridgehead atoms. The molecule has 0 saturated heterocycles. The zero-order valence-corrected chi connectivity index (χ0v) is 19.8. The Morgan fingerprint density at radius 1 is 1.03 bits per heavy atom. The quantitative estimate of drug-likeness (QED) is 0.377. The van der Waals surface area contributed by atoms with Gasteiger partial charge in [-0.2, -0.15) is 10.2 Å². The molecule has 0 aliphatic heterocycles. The van der Waals surface area contributed by atoms with Crippen molar-refractivity contribution in [3.05, 3.63) is 106 Å². The van der Waals surface area contributed by atoms with Gasteiger partial charge < -0.3 is 11.1 Å². The van der Waals surface area contributed by atoms with E-state index < -0.39 is 6.04 Å². The van der Waals surface area contributed by atoms with Gasteiger partial charge in [-0.25, -0.2) is 9.97 Å². The second-order valence-corrected chi connectivity index (χ2v) is 8.48. The smallest absolute Gasteiger partial charge is 0.266 e. The van der Waals surface area contributed by atoms with Gasteiger partial charge in [-0.3, -0.25) is 9.36 Å². The number of anilines is 2. The molecule has 1 atom stereocenters. The third-order valence-corrected chi connectivity index (χ3v) is 5.94. The lowest BCUT2D eigenvalue weighted by molar-refractivity contribution is 0.731. The number of fused-ring (bicyclic) bond motifs is 1. The maximum atomic E-state index is 14.2. The fourth-order valence-electron chi connectivity index (χ4n) is 4.27. The zero-order chi connectivity index (χ0) is 25.2. The lowest BCUT2D eigenvalue weighted by atomic mass is 9.99. The highest BCUT2D eigenvalue weighted by molar-refractivity contribution is 5.94. The summed E-state index contributed by atoms with van der Waals surface area (Å²) in [4.78, 5) is 27.2. The van der Waals surface area contributed by atoms with Crippen molar-refractivity contribution in [2.75, 3.05) is 11.1 Å². The average molecular weight is 474 g/mol. The van der Waals surface area contributed by atoms with Crippen LogP contribution in [-0.4, -0.2) is 19.5 Å².